The van der Waals surface area contributed by atoms with Crippen LogP contribution in [0.5, 0.6) is 0 Å². The third-order valence-electron chi connectivity index (χ3n) is 3.90. The van der Waals surface area contributed by atoms with Gasteiger partial charge in [0.25, 0.3) is 0 Å². The molecule has 24 heavy (non-hydrogen) atoms. The molecular formula is C22H16ClN. The van der Waals surface area contributed by atoms with Gasteiger partial charge in [-0.25, -0.2) is 0 Å². The molecule has 3 aromatic rings. The maximum atomic E-state index is 9.86. The van der Waals surface area contributed by atoms with Gasteiger partial charge in [-0.2, -0.15) is 5.26 Å². The number of halogens is 1. The summed E-state index contributed by atoms with van der Waals surface area (Å²) in [6, 6.07) is 28.0. The van der Waals surface area contributed by atoms with Gasteiger partial charge in [-0.1, -0.05) is 83.9 Å². The lowest BCUT2D eigenvalue weighted by Crippen LogP contribution is -1.94. The zero-order valence-corrected chi connectivity index (χ0v) is 14.1. The molecule has 0 N–H and O–H groups in total. The first-order valence-corrected chi connectivity index (χ1v) is 8.09. The summed E-state index contributed by atoms with van der Waals surface area (Å²) in [5.41, 5.74) is 5.64. The average molecular weight is 330 g/mol. The van der Waals surface area contributed by atoms with Crippen LogP contribution in [0.1, 0.15) is 22.3 Å². The number of aryl methyl sites for hydroxylation is 1. The van der Waals surface area contributed by atoms with E-state index in [-0.39, 0.29) is 0 Å². The van der Waals surface area contributed by atoms with Crippen LogP contribution >= 0.6 is 11.6 Å². The minimum atomic E-state index is 0.656. The first-order chi connectivity index (χ1) is 11.7. The summed E-state index contributed by atoms with van der Waals surface area (Å²) in [4.78, 5) is 0. The Hall–Kier alpha value is -2.82. The number of hydrogen-bond acceptors (Lipinski definition) is 1. The van der Waals surface area contributed by atoms with E-state index in [0.29, 0.717) is 10.6 Å². The van der Waals surface area contributed by atoms with Crippen LogP contribution < -0.4 is 0 Å². The van der Waals surface area contributed by atoms with Crippen LogP contribution in [-0.2, 0) is 0 Å². The summed E-state index contributed by atoms with van der Waals surface area (Å²) in [5.74, 6) is 0. The minimum Gasteiger partial charge on any atom is -0.192 e. The number of nitriles is 1. The fourth-order valence-corrected chi connectivity index (χ4v) is 2.79. The molecule has 0 aliphatic carbocycles. The molecule has 0 unspecified atom stereocenters. The van der Waals surface area contributed by atoms with Crippen LogP contribution in [0.25, 0.3) is 11.1 Å². The molecule has 0 bridgehead atoms. The van der Waals surface area contributed by atoms with Gasteiger partial charge in [0, 0.05) is 10.6 Å². The highest BCUT2D eigenvalue weighted by Gasteiger charge is 2.13. The second-order valence-electron chi connectivity index (χ2n) is 5.60. The first kappa shape index (κ1) is 16.1. The Balaban J connectivity index is 2.28. The molecule has 116 valence electrons. The van der Waals surface area contributed by atoms with Gasteiger partial charge in [-0.05, 0) is 35.7 Å². The molecule has 0 saturated heterocycles. The molecule has 0 aliphatic rings. The summed E-state index contributed by atoms with van der Waals surface area (Å²) in [7, 11) is 0. The van der Waals surface area contributed by atoms with E-state index in [1.54, 1.807) is 0 Å². The number of benzene rings is 3. The summed E-state index contributed by atoms with van der Waals surface area (Å²) >= 11 is 6.03. The molecule has 0 spiro atoms. The van der Waals surface area contributed by atoms with E-state index >= 15 is 0 Å². The Bertz CT molecular complexity index is 899. The predicted molar refractivity (Wildman–Crippen MR) is 101 cm³/mol. The van der Waals surface area contributed by atoms with Crippen molar-refractivity contribution in [2.75, 3.05) is 0 Å². The maximum absolute atomic E-state index is 9.86. The van der Waals surface area contributed by atoms with Gasteiger partial charge in [-0.3, -0.25) is 0 Å². The molecule has 0 aliphatic heterocycles. The van der Waals surface area contributed by atoms with Gasteiger partial charge < -0.3 is 0 Å². The Morgan fingerprint density at radius 3 is 1.88 bits per heavy atom. The van der Waals surface area contributed by atoms with E-state index in [4.69, 9.17) is 11.6 Å². The van der Waals surface area contributed by atoms with Crippen LogP contribution in [-0.4, -0.2) is 0 Å². The van der Waals surface area contributed by atoms with E-state index in [9.17, 15) is 5.26 Å². The van der Waals surface area contributed by atoms with Crippen molar-refractivity contribution < 1.29 is 0 Å². The SMILES string of the molecule is Cc1ccc(/C(C#N)=C(\c2ccccc2)c2ccc(Cl)cc2)cc1. The monoisotopic (exact) mass is 329 g/mol. The maximum Gasteiger partial charge on any atom is 0.100 e. The highest BCUT2D eigenvalue weighted by Crippen LogP contribution is 2.32. The molecule has 0 saturated carbocycles. The third-order valence-corrected chi connectivity index (χ3v) is 4.15. The van der Waals surface area contributed by atoms with Gasteiger partial charge in [0.15, 0.2) is 0 Å². The largest absolute Gasteiger partial charge is 0.192 e. The van der Waals surface area contributed by atoms with Crippen LogP contribution in [0.15, 0.2) is 78.9 Å². The van der Waals surface area contributed by atoms with Crippen LogP contribution in [0.4, 0.5) is 0 Å². The lowest BCUT2D eigenvalue weighted by Gasteiger charge is -2.12. The van der Waals surface area contributed by atoms with Crippen molar-refractivity contribution in [2.45, 2.75) is 6.92 Å². The van der Waals surface area contributed by atoms with E-state index in [0.717, 1.165) is 22.3 Å². The number of rotatable bonds is 3. The van der Waals surface area contributed by atoms with E-state index in [1.807, 2.05) is 85.8 Å². The quantitative estimate of drug-likeness (QED) is 0.419. The Labute approximate surface area is 147 Å². The van der Waals surface area contributed by atoms with Crippen molar-refractivity contribution in [3.63, 3.8) is 0 Å². The molecule has 0 heterocycles. The summed E-state index contributed by atoms with van der Waals surface area (Å²) in [6.45, 7) is 2.04. The number of nitrogens with zero attached hydrogens (tertiary/aromatic N) is 1. The van der Waals surface area contributed by atoms with Crippen molar-refractivity contribution in [1.29, 1.82) is 5.26 Å². The molecule has 1 nitrogen and oxygen atoms in total. The van der Waals surface area contributed by atoms with Crippen LogP contribution in [0.2, 0.25) is 5.02 Å². The van der Waals surface area contributed by atoms with Crippen LogP contribution in [0.3, 0.4) is 0 Å². The number of hydrogen-bond donors (Lipinski definition) is 0. The Morgan fingerprint density at radius 1 is 0.750 bits per heavy atom. The van der Waals surface area contributed by atoms with Crippen molar-refractivity contribution >= 4 is 22.7 Å². The molecule has 3 rings (SSSR count). The van der Waals surface area contributed by atoms with E-state index in [2.05, 4.69) is 6.07 Å². The van der Waals surface area contributed by atoms with Crippen molar-refractivity contribution in [2.24, 2.45) is 0 Å². The van der Waals surface area contributed by atoms with Gasteiger partial charge in [0.05, 0.1) is 5.57 Å². The third kappa shape index (κ3) is 3.40. The highest BCUT2D eigenvalue weighted by molar-refractivity contribution is 6.30. The van der Waals surface area contributed by atoms with Crippen LogP contribution in [0, 0.1) is 18.3 Å². The smallest absolute Gasteiger partial charge is 0.100 e. The van der Waals surface area contributed by atoms with Crippen molar-refractivity contribution in [3.05, 3.63) is 106 Å². The lowest BCUT2D eigenvalue weighted by molar-refractivity contribution is 1.44. The summed E-state index contributed by atoms with van der Waals surface area (Å²) in [5, 5.41) is 10.5. The summed E-state index contributed by atoms with van der Waals surface area (Å²) < 4.78 is 0. The molecule has 3 aromatic carbocycles. The number of allylic oxidation sites excluding steroid dienone is 1. The second kappa shape index (κ2) is 7.17. The van der Waals surface area contributed by atoms with Crippen molar-refractivity contribution in [3.8, 4) is 6.07 Å². The van der Waals surface area contributed by atoms with E-state index in [1.165, 1.54) is 5.56 Å². The zero-order chi connectivity index (χ0) is 16.9. The van der Waals surface area contributed by atoms with Gasteiger partial charge in [0.2, 0.25) is 0 Å². The van der Waals surface area contributed by atoms with Gasteiger partial charge in [0.1, 0.15) is 6.07 Å². The minimum absolute atomic E-state index is 0.656. The zero-order valence-electron chi connectivity index (χ0n) is 13.3. The summed E-state index contributed by atoms with van der Waals surface area (Å²) in [6.07, 6.45) is 0. The standard InChI is InChI=1S/C22H16ClN/c1-16-7-9-17(10-8-16)21(15-24)22(18-5-3-2-4-6-18)19-11-13-20(23)14-12-19/h2-14H,1H3/b22-21+. The molecule has 0 fully saturated rings. The molecular weight excluding hydrogens is 314 g/mol. The van der Waals surface area contributed by atoms with Gasteiger partial charge in [-0.15, -0.1) is 0 Å². The average Bonchev–Trinajstić information content (AvgIpc) is 2.62. The fraction of sp³-hybridized carbons (Fsp3) is 0.0455. The second-order valence-corrected chi connectivity index (χ2v) is 6.04. The normalized spacial score (nSPS) is 11.5. The molecule has 0 amide bonds. The molecule has 0 radical (unpaired) electrons. The molecule has 0 aromatic heterocycles. The van der Waals surface area contributed by atoms with E-state index < -0.39 is 0 Å². The lowest BCUT2D eigenvalue weighted by atomic mass is 9.90. The predicted octanol–water partition coefficient (Wildman–Crippen LogP) is 6.13. The molecule has 0 atom stereocenters. The highest BCUT2D eigenvalue weighted by atomic mass is 35.5. The fourth-order valence-electron chi connectivity index (χ4n) is 2.66. The molecule has 2 heteroatoms. The Morgan fingerprint density at radius 2 is 1.29 bits per heavy atom. The Kier molecular flexibility index (Phi) is 4.79. The van der Waals surface area contributed by atoms with Crippen molar-refractivity contribution in [1.82, 2.24) is 0 Å². The topological polar surface area (TPSA) is 23.8 Å². The van der Waals surface area contributed by atoms with Gasteiger partial charge >= 0.3 is 0 Å². The first-order valence-electron chi connectivity index (χ1n) is 7.72.